The van der Waals surface area contributed by atoms with Gasteiger partial charge in [0, 0.05) is 67.9 Å². The molecule has 2 N–H and O–H groups in total. The molecule has 0 saturated carbocycles. The molecule has 11 heavy (non-hydrogen) atoms. The Balaban J connectivity index is -0.00000000356. The molecular formula is C4H2KN4NiO-4. The van der Waals surface area contributed by atoms with Gasteiger partial charge in [-0.25, -0.2) is 0 Å². The largest absolute Gasteiger partial charge is 0.512 e. The van der Waals surface area contributed by atoms with Crippen molar-refractivity contribution in [2.45, 2.75) is 0 Å². The smallest absolute Gasteiger partial charge is 0 e. The van der Waals surface area contributed by atoms with Gasteiger partial charge in [0.1, 0.15) is 0 Å². The number of rotatable bonds is 0. The summed E-state index contributed by atoms with van der Waals surface area (Å²) in [4.78, 5) is 0. The third-order valence-corrected chi connectivity index (χ3v) is 0. The van der Waals surface area contributed by atoms with Crippen LogP contribution in [0.3, 0.4) is 0 Å². The summed E-state index contributed by atoms with van der Waals surface area (Å²) >= 11 is 0. The Bertz CT molecular complexity index is 65.1. The van der Waals surface area contributed by atoms with Gasteiger partial charge in [0.15, 0.2) is 0 Å². The summed E-state index contributed by atoms with van der Waals surface area (Å²) in [6.45, 7) is 19.0. The maximum atomic E-state index is 6.25. The molecule has 1 radical (unpaired) electrons. The van der Waals surface area contributed by atoms with Crippen molar-refractivity contribution in [3.63, 3.8) is 0 Å². The number of nitrogens with zero attached hydrogens (tertiary/aromatic N) is 4. The van der Waals surface area contributed by atoms with Crippen molar-refractivity contribution >= 4 is 51.4 Å². The van der Waals surface area contributed by atoms with Gasteiger partial charge in [-0.1, -0.05) is 0 Å². The van der Waals surface area contributed by atoms with Crippen LogP contribution in [0.1, 0.15) is 0 Å². The second-order valence-electron chi connectivity index (χ2n) is 0. The summed E-state index contributed by atoms with van der Waals surface area (Å²) in [6.07, 6.45) is 0. The molecule has 0 fully saturated rings. The minimum atomic E-state index is 0. The molecule has 0 aliphatic heterocycles. The van der Waals surface area contributed by atoms with Gasteiger partial charge < -0.3 is 52.8 Å². The van der Waals surface area contributed by atoms with Crippen LogP contribution >= 0.6 is 0 Å². The summed E-state index contributed by atoms with van der Waals surface area (Å²) in [5.41, 5.74) is 0. The Hall–Kier alpha value is 0.0499. The second kappa shape index (κ2) is 331000. The van der Waals surface area contributed by atoms with Crippen LogP contribution < -0.4 is 0 Å². The average Bonchev–Trinajstić information content (AvgIpc) is 2.03. The summed E-state index contributed by atoms with van der Waals surface area (Å²) in [5, 5.41) is 25.0. The molecule has 0 aromatic carbocycles. The van der Waals surface area contributed by atoms with E-state index in [-0.39, 0.29) is 73.4 Å². The Morgan fingerprint density at radius 3 is 0.545 bits per heavy atom. The van der Waals surface area contributed by atoms with Crippen molar-refractivity contribution < 1.29 is 22.0 Å². The molecule has 0 atom stereocenters. The van der Waals surface area contributed by atoms with Gasteiger partial charge in [-0.3, -0.25) is 0 Å². The Kier molecular flexibility index (Phi) is 2050000. The normalized spacial score (nSPS) is 0.727. The van der Waals surface area contributed by atoms with Gasteiger partial charge in [0.2, 0.25) is 0 Å². The molecule has 0 spiro atoms. The molecule has 0 aromatic heterocycles. The fraction of sp³-hybridized carbons (Fsp3) is 0. The zero-order valence-corrected chi connectivity index (χ0v) is 9.72. The number of hydrogen-bond donors (Lipinski definition) is 0. The standard InChI is InChI=1S/4CN.K.Ni.H2O/c4*1-2;;;/h;;;;;;1H2/q4*-1;;;. The van der Waals surface area contributed by atoms with E-state index in [0.29, 0.717) is 0 Å². The van der Waals surface area contributed by atoms with Gasteiger partial charge in [-0.2, -0.15) is 0 Å². The van der Waals surface area contributed by atoms with Crippen LogP contribution in [-0.2, 0) is 16.5 Å². The fourth-order valence-corrected chi connectivity index (χ4v) is 0. The van der Waals surface area contributed by atoms with Gasteiger partial charge in [-0.15, -0.1) is 0 Å². The van der Waals surface area contributed by atoms with Crippen LogP contribution in [-0.4, -0.2) is 56.9 Å². The van der Waals surface area contributed by atoms with E-state index in [2.05, 4.69) is 0 Å². The first-order chi connectivity index (χ1) is 4.00. The van der Waals surface area contributed by atoms with E-state index in [1.54, 1.807) is 0 Å². The predicted molar refractivity (Wildman–Crippen MR) is 29.2 cm³/mol. The van der Waals surface area contributed by atoms with Gasteiger partial charge in [0.05, 0.1) is 0 Å². The molecule has 5 nitrogen and oxygen atoms in total. The molecule has 0 saturated heterocycles. The molecule has 0 aliphatic carbocycles. The van der Waals surface area contributed by atoms with Crippen molar-refractivity contribution in [1.29, 1.82) is 21.0 Å². The zero-order valence-electron chi connectivity index (χ0n) is 5.61. The summed E-state index contributed by atoms with van der Waals surface area (Å²) in [6, 6.07) is 0. The molecule has 59 valence electrons. The molecular weight excluding hydrogens is 218 g/mol. The minimum absolute atomic E-state index is 0. The Labute approximate surface area is 119 Å². The van der Waals surface area contributed by atoms with E-state index in [1.807, 2.05) is 0 Å². The first-order valence-electron chi connectivity index (χ1n) is 0.894. The molecule has 0 bridgehead atoms. The monoisotopic (exact) mass is 219 g/mol. The molecule has 0 aliphatic rings. The zero-order chi connectivity index (χ0) is 8.00. The first-order valence-corrected chi connectivity index (χ1v) is 0.894. The molecule has 0 amide bonds. The Morgan fingerprint density at radius 2 is 0.545 bits per heavy atom. The SMILES string of the molecule is O.[C-]#N.[C-]#N.[C-]#N.[C-]#N.[K].[Ni]. The van der Waals surface area contributed by atoms with Gasteiger partial charge >= 0.3 is 0 Å². The molecule has 0 aromatic rings. The maximum absolute atomic E-state index is 6.25. The summed E-state index contributed by atoms with van der Waals surface area (Å²) in [5.74, 6) is 0. The van der Waals surface area contributed by atoms with Gasteiger partial charge in [0.25, 0.3) is 0 Å². The minimum Gasteiger partial charge on any atom is -0.512 e. The van der Waals surface area contributed by atoms with E-state index >= 15 is 0 Å². The van der Waals surface area contributed by atoms with Crippen LogP contribution in [0.2, 0.25) is 0 Å². The molecule has 7 heteroatoms. The van der Waals surface area contributed by atoms with Crippen LogP contribution in [0, 0.1) is 47.3 Å². The van der Waals surface area contributed by atoms with Crippen LogP contribution in [0.5, 0.6) is 0 Å². The third-order valence-electron chi connectivity index (χ3n) is 0. The first kappa shape index (κ1) is 68.0. The Morgan fingerprint density at radius 1 is 0.545 bits per heavy atom. The van der Waals surface area contributed by atoms with E-state index in [0.717, 1.165) is 0 Å². The summed E-state index contributed by atoms with van der Waals surface area (Å²) in [7, 11) is 0. The van der Waals surface area contributed by atoms with E-state index < -0.39 is 0 Å². The van der Waals surface area contributed by atoms with Crippen molar-refractivity contribution in [3.05, 3.63) is 26.3 Å². The van der Waals surface area contributed by atoms with Crippen molar-refractivity contribution in [1.82, 2.24) is 0 Å². The second-order valence-corrected chi connectivity index (χ2v) is 0. The van der Waals surface area contributed by atoms with E-state index in [1.165, 1.54) is 0 Å². The topological polar surface area (TPSA) is 127 Å². The van der Waals surface area contributed by atoms with Crippen molar-refractivity contribution in [2.75, 3.05) is 0 Å². The average molecular weight is 220 g/mol. The van der Waals surface area contributed by atoms with Crippen LogP contribution in [0.4, 0.5) is 0 Å². The van der Waals surface area contributed by atoms with Crippen molar-refractivity contribution in [2.24, 2.45) is 0 Å². The van der Waals surface area contributed by atoms with Gasteiger partial charge in [-0.05, 0) is 0 Å². The third kappa shape index (κ3) is 262000. The van der Waals surface area contributed by atoms with Crippen molar-refractivity contribution in [3.8, 4) is 0 Å². The quantitative estimate of drug-likeness (QED) is 0.390. The maximum Gasteiger partial charge on any atom is 0 e. The van der Waals surface area contributed by atoms with Crippen LogP contribution in [0.15, 0.2) is 0 Å². The fourth-order valence-electron chi connectivity index (χ4n) is 0. The number of hydrogen-bond acceptors (Lipinski definition) is 4. The van der Waals surface area contributed by atoms with E-state index in [9.17, 15) is 0 Å². The molecule has 0 unspecified atom stereocenters. The summed E-state index contributed by atoms with van der Waals surface area (Å²) < 4.78 is 0. The van der Waals surface area contributed by atoms with Crippen LogP contribution in [0.25, 0.3) is 0 Å². The van der Waals surface area contributed by atoms with E-state index in [4.69, 9.17) is 47.3 Å². The predicted octanol–water partition coefficient (Wildman–Crippen LogP) is -0.823. The molecule has 0 rings (SSSR count). The molecule has 0 heterocycles.